The Bertz CT molecular complexity index is 514. The zero-order chi connectivity index (χ0) is 11.5. The normalized spacial score (nSPS) is 10.2. The Balaban J connectivity index is 2.35. The molecule has 0 aliphatic carbocycles. The summed E-state index contributed by atoms with van der Waals surface area (Å²) in [4.78, 5) is 0. The maximum Gasteiger partial charge on any atom is 0.378 e. The summed E-state index contributed by atoms with van der Waals surface area (Å²) in [7, 11) is 3.95. The molecule has 0 saturated carbocycles. The number of halogens is 1. The zero-order valence-electron chi connectivity index (χ0n) is 9.22. The number of aryl methyl sites for hydroxylation is 1. The van der Waals surface area contributed by atoms with Crippen molar-refractivity contribution in [3.05, 3.63) is 46.3 Å². The molecule has 0 aliphatic rings. The van der Waals surface area contributed by atoms with Crippen LogP contribution in [0.25, 0.3) is 0 Å². The van der Waals surface area contributed by atoms with Crippen molar-refractivity contribution < 1.29 is 13.9 Å². The monoisotopic (exact) mass is 328 g/mol. The van der Waals surface area contributed by atoms with Crippen molar-refractivity contribution in [1.29, 1.82) is 0 Å². The van der Waals surface area contributed by atoms with Gasteiger partial charge in [-0.2, -0.15) is 9.13 Å². The van der Waals surface area contributed by atoms with Crippen LogP contribution in [-0.4, -0.2) is 0 Å². The van der Waals surface area contributed by atoms with Crippen molar-refractivity contribution in [3.63, 3.8) is 0 Å². The minimum absolute atomic E-state index is 0.820. The number of rotatable bonds is 2. The van der Waals surface area contributed by atoms with E-state index in [-0.39, 0.29) is 0 Å². The summed E-state index contributed by atoms with van der Waals surface area (Å²) in [5.74, 6) is 1.65. The van der Waals surface area contributed by atoms with Gasteiger partial charge >= 0.3 is 11.8 Å². The lowest BCUT2D eigenvalue weighted by Gasteiger charge is -2.01. The second kappa shape index (κ2) is 4.78. The van der Waals surface area contributed by atoms with Gasteiger partial charge in [-0.25, -0.2) is 0 Å². The average Bonchev–Trinajstić information content (AvgIpc) is 2.28. The maximum absolute atomic E-state index is 5.84. The fraction of sp³-hybridized carbons (Fsp3) is 0.167. The van der Waals surface area contributed by atoms with Gasteiger partial charge in [0.1, 0.15) is 14.1 Å². The number of hydrogen-bond acceptors (Lipinski definition) is 1. The number of pyridine rings is 2. The Hall–Kier alpha value is -1.17. The van der Waals surface area contributed by atoms with E-state index < -0.39 is 0 Å². The smallest absolute Gasteiger partial charge is 0.348 e. The molecule has 0 aliphatic heterocycles. The predicted octanol–water partition coefficient (Wildman–Crippen LogP) is 1.73. The van der Waals surface area contributed by atoms with Gasteiger partial charge in [0, 0.05) is 34.7 Å². The lowest BCUT2D eigenvalue weighted by Crippen LogP contribution is -2.36. The third kappa shape index (κ3) is 2.32. The topological polar surface area (TPSA) is 17.0 Å². The van der Waals surface area contributed by atoms with Crippen LogP contribution in [0, 0.1) is 3.70 Å². The summed E-state index contributed by atoms with van der Waals surface area (Å²) in [6.45, 7) is 0. The molecule has 2 rings (SSSR count). The molecule has 0 fully saturated rings. The molecule has 0 radical (unpaired) electrons. The Morgan fingerprint density at radius 3 is 2.50 bits per heavy atom. The Labute approximate surface area is 108 Å². The largest absolute Gasteiger partial charge is 0.378 e. The fourth-order valence-corrected chi connectivity index (χ4v) is 1.81. The summed E-state index contributed by atoms with van der Waals surface area (Å²) in [6.07, 6.45) is 1.96. The first-order chi connectivity index (χ1) is 7.68. The van der Waals surface area contributed by atoms with E-state index in [4.69, 9.17) is 4.74 Å². The van der Waals surface area contributed by atoms with Crippen LogP contribution in [-0.2, 0) is 14.1 Å². The van der Waals surface area contributed by atoms with E-state index in [1.165, 1.54) is 0 Å². The van der Waals surface area contributed by atoms with Gasteiger partial charge in [0.15, 0.2) is 6.20 Å². The van der Waals surface area contributed by atoms with Gasteiger partial charge in [-0.3, -0.25) is 0 Å². The number of nitrogens with zero attached hydrogens (tertiary/aromatic N) is 2. The first kappa shape index (κ1) is 11.3. The highest BCUT2D eigenvalue weighted by molar-refractivity contribution is 14.1. The lowest BCUT2D eigenvalue weighted by atomic mass is 10.4. The summed E-state index contributed by atoms with van der Waals surface area (Å²) >= 11 is 2.28. The zero-order valence-corrected chi connectivity index (χ0v) is 11.4. The summed E-state index contributed by atoms with van der Waals surface area (Å²) in [6, 6.07) is 11.9. The van der Waals surface area contributed by atoms with Crippen LogP contribution >= 0.6 is 22.6 Å². The van der Waals surface area contributed by atoms with Crippen LogP contribution in [0.4, 0.5) is 0 Å². The van der Waals surface area contributed by atoms with E-state index in [9.17, 15) is 0 Å². The van der Waals surface area contributed by atoms with E-state index in [2.05, 4.69) is 22.6 Å². The third-order valence-electron chi connectivity index (χ3n) is 2.34. The van der Waals surface area contributed by atoms with Crippen LogP contribution in [0.15, 0.2) is 42.6 Å². The molecule has 82 valence electrons. The van der Waals surface area contributed by atoms with Crippen LogP contribution in [0.1, 0.15) is 0 Å². The predicted molar refractivity (Wildman–Crippen MR) is 68.0 cm³/mol. The maximum atomic E-state index is 5.84. The molecule has 2 aromatic heterocycles. The number of aromatic nitrogens is 2. The van der Waals surface area contributed by atoms with E-state index in [0.717, 1.165) is 15.5 Å². The van der Waals surface area contributed by atoms with Crippen LogP contribution in [0.5, 0.6) is 11.8 Å². The van der Waals surface area contributed by atoms with E-state index >= 15 is 0 Å². The molecule has 4 heteroatoms. The van der Waals surface area contributed by atoms with Gasteiger partial charge in [-0.1, -0.05) is 0 Å². The molecule has 0 N–H and O–H groups in total. The van der Waals surface area contributed by atoms with Gasteiger partial charge in [0.2, 0.25) is 3.70 Å². The quantitative estimate of drug-likeness (QED) is 0.466. The summed E-state index contributed by atoms with van der Waals surface area (Å²) in [5.41, 5.74) is 0. The highest BCUT2D eigenvalue weighted by atomic mass is 127. The van der Waals surface area contributed by atoms with E-state index in [1.807, 2.05) is 65.8 Å². The minimum Gasteiger partial charge on any atom is -0.348 e. The molecule has 2 heterocycles. The average molecular weight is 328 g/mol. The van der Waals surface area contributed by atoms with E-state index in [1.54, 1.807) is 0 Å². The van der Waals surface area contributed by atoms with Gasteiger partial charge in [0.25, 0.3) is 0 Å². The first-order valence-electron chi connectivity index (χ1n) is 4.95. The standard InChI is InChI=1S/C12H13IN2O/c1-14-9-4-3-7-11(14)16-12-8-5-6-10(13)15(12)2/h3-9H,1-2H3/q+2. The molecule has 0 unspecified atom stereocenters. The van der Waals surface area contributed by atoms with Gasteiger partial charge < -0.3 is 4.74 Å². The van der Waals surface area contributed by atoms with Crippen LogP contribution < -0.4 is 13.9 Å². The molecular weight excluding hydrogens is 315 g/mol. The summed E-state index contributed by atoms with van der Waals surface area (Å²) < 4.78 is 10.9. The molecule has 0 aromatic carbocycles. The fourth-order valence-electron chi connectivity index (χ4n) is 1.36. The van der Waals surface area contributed by atoms with Crippen molar-refractivity contribution in [3.8, 4) is 11.8 Å². The van der Waals surface area contributed by atoms with Crippen LogP contribution in [0.2, 0.25) is 0 Å². The SMILES string of the molecule is C[n+]1ccccc1Oc1cccc(I)[n+]1C. The number of hydrogen-bond donors (Lipinski definition) is 0. The van der Waals surface area contributed by atoms with Crippen molar-refractivity contribution in [2.45, 2.75) is 0 Å². The van der Waals surface area contributed by atoms with Gasteiger partial charge in [0.05, 0.1) is 12.1 Å². The third-order valence-corrected chi connectivity index (χ3v) is 3.42. The molecule has 3 nitrogen and oxygen atoms in total. The van der Waals surface area contributed by atoms with Crippen molar-refractivity contribution in [1.82, 2.24) is 0 Å². The lowest BCUT2D eigenvalue weighted by molar-refractivity contribution is -0.702. The van der Waals surface area contributed by atoms with Crippen molar-refractivity contribution in [2.75, 3.05) is 0 Å². The molecule has 0 atom stereocenters. The molecule has 0 spiro atoms. The second-order valence-electron chi connectivity index (χ2n) is 3.50. The van der Waals surface area contributed by atoms with Gasteiger partial charge in [-0.05, 0) is 12.1 Å². The highest BCUT2D eigenvalue weighted by Gasteiger charge is 2.16. The molecular formula is C12H13IN2O+2. The molecule has 0 saturated heterocycles. The Morgan fingerprint density at radius 2 is 1.75 bits per heavy atom. The minimum atomic E-state index is 0.820. The first-order valence-corrected chi connectivity index (χ1v) is 6.03. The highest BCUT2D eigenvalue weighted by Crippen LogP contribution is 2.13. The molecule has 2 aromatic rings. The Morgan fingerprint density at radius 1 is 1.00 bits per heavy atom. The number of ether oxygens (including phenoxy) is 1. The Kier molecular flexibility index (Phi) is 3.38. The summed E-state index contributed by atoms with van der Waals surface area (Å²) in [5, 5.41) is 0. The van der Waals surface area contributed by atoms with E-state index in [0.29, 0.717) is 0 Å². The van der Waals surface area contributed by atoms with Gasteiger partial charge in [-0.15, -0.1) is 0 Å². The van der Waals surface area contributed by atoms with Crippen LogP contribution in [0.3, 0.4) is 0 Å². The van der Waals surface area contributed by atoms with Crippen molar-refractivity contribution in [2.24, 2.45) is 14.1 Å². The van der Waals surface area contributed by atoms with Crippen molar-refractivity contribution >= 4 is 22.6 Å². The molecule has 0 amide bonds. The molecule has 16 heavy (non-hydrogen) atoms. The second-order valence-corrected chi connectivity index (χ2v) is 4.60. The molecule has 0 bridgehead atoms.